The molecule has 0 aliphatic carbocycles. The first-order chi connectivity index (χ1) is 7.81. The van der Waals surface area contributed by atoms with Crippen molar-refractivity contribution < 1.29 is 4.74 Å². The van der Waals surface area contributed by atoms with Crippen LogP contribution in [0.1, 0.15) is 32.6 Å². The average Bonchev–Trinajstić information content (AvgIpc) is 2.58. The maximum atomic E-state index is 5.60. The number of nitrogens with zero attached hydrogens (tertiary/aromatic N) is 1. The highest BCUT2D eigenvalue weighted by Gasteiger charge is 2.30. The van der Waals surface area contributed by atoms with Gasteiger partial charge in [0.25, 0.3) is 0 Å². The maximum absolute atomic E-state index is 5.60. The van der Waals surface area contributed by atoms with E-state index in [2.05, 4.69) is 17.1 Å². The van der Waals surface area contributed by atoms with Crippen LogP contribution in [0.2, 0.25) is 0 Å². The molecule has 3 nitrogen and oxygen atoms in total. The van der Waals surface area contributed by atoms with Gasteiger partial charge in [0.15, 0.2) is 0 Å². The van der Waals surface area contributed by atoms with Gasteiger partial charge in [-0.15, -0.1) is 0 Å². The molecular weight excluding hydrogens is 200 g/mol. The molecule has 0 amide bonds. The zero-order chi connectivity index (χ0) is 11.4. The van der Waals surface area contributed by atoms with Crippen LogP contribution in [0.4, 0.5) is 0 Å². The Hall–Kier alpha value is -0.120. The third-order valence-electron chi connectivity index (χ3n) is 4.29. The molecular formula is C13H26N2O. The first kappa shape index (κ1) is 12.3. The van der Waals surface area contributed by atoms with Crippen molar-refractivity contribution in [3.05, 3.63) is 0 Å². The molecule has 94 valence electrons. The minimum atomic E-state index is 0.449. The molecule has 0 aromatic heterocycles. The lowest BCUT2D eigenvalue weighted by molar-refractivity contribution is -0.0206. The number of hydrogen-bond acceptors (Lipinski definition) is 3. The topological polar surface area (TPSA) is 24.5 Å². The van der Waals surface area contributed by atoms with Gasteiger partial charge < -0.3 is 10.1 Å². The Morgan fingerprint density at radius 2 is 2.06 bits per heavy atom. The number of ether oxygens (including phenoxy) is 1. The van der Waals surface area contributed by atoms with Gasteiger partial charge in [-0.3, -0.25) is 4.90 Å². The fourth-order valence-electron chi connectivity index (χ4n) is 3.06. The van der Waals surface area contributed by atoms with Gasteiger partial charge in [-0.1, -0.05) is 6.92 Å². The summed E-state index contributed by atoms with van der Waals surface area (Å²) < 4.78 is 5.60. The van der Waals surface area contributed by atoms with Crippen molar-refractivity contribution in [2.75, 3.05) is 33.3 Å². The van der Waals surface area contributed by atoms with Crippen molar-refractivity contribution >= 4 is 0 Å². The van der Waals surface area contributed by atoms with Gasteiger partial charge in [0.1, 0.15) is 0 Å². The molecule has 0 bridgehead atoms. The summed E-state index contributed by atoms with van der Waals surface area (Å²) in [6, 6.07) is 0.792. The first-order valence-electron chi connectivity index (χ1n) is 6.79. The SMILES string of the molecule is COC1CN(C2CCCNCC2)CCC1C. The van der Waals surface area contributed by atoms with Crippen molar-refractivity contribution in [3.8, 4) is 0 Å². The van der Waals surface area contributed by atoms with E-state index in [4.69, 9.17) is 4.74 Å². The van der Waals surface area contributed by atoms with Crippen molar-refractivity contribution in [2.24, 2.45) is 5.92 Å². The predicted molar refractivity (Wildman–Crippen MR) is 66.7 cm³/mol. The summed E-state index contributed by atoms with van der Waals surface area (Å²) in [7, 11) is 1.86. The van der Waals surface area contributed by atoms with Crippen molar-refractivity contribution in [1.29, 1.82) is 0 Å². The van der Waals surface area contributed by atoms with E-state index in [0.717, 1.165) is 18.5 Å². The molecule has 2 saturated heterocycles. The second kappa shape index (κ2) is 5.99. The van der Waals surface area contributed by atoms with E-state index in [1.54, 1.807) is 0 Å². The number of hydrogen-bond donors (Lipinski definition) is 1. The largest absolute Gasteiger partial charge is 0.380 e. The van der Waals surface area contributed by atoms with Crippen molar-refractivity contribution in [3.63, 3.8) is 0 Å². The smallest absolute Gasteiger partial charge is 0.0724 e. The Labute approximate surface area is 99.5 Å². The monoisotopic (exact) mass is 226 g/mol. The van der Waals surface area contributed by atoms with E-state index < -0.39 is 0 Å². The van der Waals surface area contributed by atoms with Crippen LogP contribution in [0, 0.1) is 5.92 Å². The van der Waals surface area contributed by atoms with E-state index in [1.807, 2.05) is 7.11 Å². The molecule has 0 saturated carbocycles. The Kier molecular flexibility index (Phi) is 4.62. The summed E-state index contributed by atoms with van der Waals surface area (Å²) in [6.07, 6.45) is 5.74. The lowest BCUT2D eigenvalue weighted by Crippen LogP contribution is -2.48. The molecule has 3 heteroatoms. The van der Waals surface area contributed by atoms with Gasteiger partial charge in [0, 0.05) is 19.7 Å². The van der Waals surface area contributed by atoms with Gasteiger partial charge in [0.05, 0.1) is 6.10 Å². The normalized spacial score (nSPS) is 38.2. The number of likely N-dealkylation sites (tertiary alicyclic amines) is 1. The number of nitrogens with one attached hydrogen (secondary N) is 1. The number of rotatable bonds is 2. The summed E-state index contributed by atoms with van der Waals surface area (Å²) in [6.45, 7) is 7.12. The molecule has 1 N–H and O–H groups in total. The molecule has 0 radical (unpaired) electrons. The van der Waals surface area contributed by atoms with E-state index in [-0.39, 0.29) is 0 Å². The van der Waals surface area contributed by atoms with Crippen LogP contribution in [0.15, 0.2) is 0 Å². The minimum Gasteiger partial charge on any atom is -0.380 e. The van der Waals surface area contributed by atoms with Gasteiger partial charge in [-0.2, -0.15) is 0 Å². The molecule has 2 aliphatic heterocycles. The molecule has 0 spiro atoms. The van der Waals surface area contributed by atoms with E-state index in [1.165, 1.54) is 45.3 Å². The fraction of sp³-hybridized carbons (Fsp3) is 1.00. The molecule has 16 heavy (non-hydrogen) atoms. The van der Waals surface area contributed by atoms with E-state index in [0.29, 0.717) is 6.10 Å². The highest BCUT2D eigenvalue weighted by atomic mass is 16.5. The third-order valence-corrected chi connectivity index (χ3v) is 4.29. The minimum absolute atomic E-state index is 0.449. The van der Waals surface area contributed by atoms with Crippen LogP contribution in [0.5, 0.6) is 0 Å². The Morgan fingerprint density at radius 3 is 2.88 bits per heavy atom. The number of piperidine rings is 1. The average molecular weight is 226 g/mol. The molecule has 3 unspecified atom stereocenters. The molecule has 2 aliphatic rings. The first-order valence-corrected chi connectivity index (χ1v) is 6.79. The van der Waals surface area contributed by atoms with Crippen LogP contribution in [-0.4, -0.2) is 50.3 Å². The standard InChI is InChI=1S/C13H26N2O/c1-11-6-9-15(10-13(11)16-2)12-4-3-7-14-8-5-12/h11-14H,3-10H2,1-2H3. The lowest BCUT2D eigenvalue weighted by atomic mass is 9.93. The summed E-state index contributed by atoms with van der Waals surface area (Å²) in [5, 5.41) is 3.49. The van der Waals surface area contributed by atoms with Crippen LogP contribution >= 0.6 is 0 Å². The predicted octanol–water partition coefficient (Wildman–Crippen LogP) is 1.49. The highest BCUT2D eigenvalue weighted by Crippen LogP contribution is 2.24. The van der Waals surface area contributed by atoms with Crippen LogP contribution < -0.4 is 5.32 Å². The molecule has 0 aromatic carbocycles. The molecule has 3 atom stereocenters. The summed E-state index contributed by atoms with van der Waals surface area (Å²) in [4.78, 5) is 2.67. The molecule has 0 aromatic rings. The van der Waals surface area contributed by atoms with Gasteiger partial charge in [-0.25, -0.2) is 0 Å². The molecule has 2 rings (SSSR count). The van der Waals surface area contributed by atoms with E-state index in [9.17, 15) is 0 Å². The molecule has 2 heterocycles. The van der Waals surface area contributed by atoms with Gasteiger partial charge in [0.2, 0.25) is 0 Å². The number of methoxy groups -OCH3 is 1. The quantitative estimate of drug-likeness (QED) is 0.772. The Morgan fingerprint density at radius 1 is 1.19 bits per heavy atom. The summed E-state index contributed by atoms with van der Waals surface area (Å²) in [5.41, 5.74) is 0. The van der Waals surface area contributed by atoms with Gasteiger partial charge in [-0.05, 0) is 51.2 Å². The fourth-order valence-corrected chi connectivity index (χ4v) is 3.06. The Bertz CT molecular complexity index is 202. The van der Waals surface area contributed by atoms with Crippen LogP contribution in [-0.2, 0) is 4.74 Å². The summed E-state index contributed by atoms with van der Waals surface area (Å²) >= 11 is 0. The second-order valence-corrected chi connectivity index (χ2v) is 5.37. The van der Waals surface area contributed by atoms with Crippen molar-refractivity contribution in [1.82, 2.24) is 10.2 Å². The lowest BCUT2D eigenvalue weighted by Gasteiger charge is -2.40. The van der Waals surface area contributed by atoms with Crippen molar-refractivity contribution in [2.45, 2.75) is 44.8 Å². The van der Waals surface area contributed by atoms with E-state index >= 15 is 0 Å². The van der Waals surface area contributed by atoms with Gasteiger partial charge >= 0.3 is 0 Å². The Balaban J connectivity index is 1.88. The zero-order valence-corrected chi connectivity index (χ0v) is 10.7. The highest BCUT2D eigenvalue weighted by molar-refractivity contribution is 4.84. The van der Waals surface area contributed by atoms with Crippen LogP contribution in [0.3, 0.4) is 0 Å². The third kappa shape index (κ3) is 2.96. The van der Waals surface area contributed by atoms with Crippen LogP contribution in [0.25, 0.3) is 0 Å². The zero-order valence-electron chi connectivity index (χ0n) is 10.7. The molecule has 2 fully saturated rings. The maximum Gasteiger partial charge on any atom is 0.0724 e. The second-order valence-electron chi connectivity index (χ2n) is 5.37. The summed E-state index contributed by atoms with van der Waals surface area (Å²) in [5.74, 6) is 0.727.